The van der Waals surface area contributed by atoms with Gasteiger partial charge in [0.15, 0.2) is 0 Å². The minimum Gasteiger partial charge on any atom is -0.352 e. The lowest BCUT2D eigenvalue weighted by atomic mass is 10.0. The van der Waals surface area contributed by atoms with E-state index in [-0.39, 0.29) is 32.7 Å². The van der Waals surface area contributed by atoms with Gasteiger partial charge in [0.25, 0.3) is 15.9 Å². The van der Waals surface area contributed by atoms with Crippen LogP contribution >= 0.6 is 30.8 Å². The minimum absolute atomic E-state index is 0.0223. The summed E-state index contributed by atoms with van der Waals surface area (Å²) in [7, 11) is -9.52. The van der Waals surface area contributed by atoms with Crippen LogP contribution < -0.4 is 9.62 Å². The summed E-state index contributed by atoms with van der Waals surface area (Å²) in [6.45, 7) is 1.96. The molecule has 3 aromatic rings. The number of amides is 1. The molecule has 0 fully saturated rings. The zero-order chi connectivity index (χ0) is 23.7. The SMILES string of the molecule is CCNC(=O)c1ccc2ccccc2c1N(CP(=O)(O)O)S(=O)(=O)c1cc(Cl)cc(Cl)c1. The van der Waals surface area contributed by atoms with Crippen LogP contribution in [0.3, 0.4) is 0 Å². The summed E-state index contributed by atoms with van der Waals surface area (Å²) in [6.07, 6.45) is -1.19. The maximum atomic E-state index is 13.6. The van der Waals surface area contributed by atoms with Crippen LogP contribution in [-0.2, 0) is 14.6 Å². The number of nitrogens with one attached hydrogen (secondary N) is 1. The van der Waals surface area contributed by atoms with Gasteiger partial charge in [0.1, 0.15) is 6.29 Å². The van der Waals surface area contributed by atoms with E-state index in [0.717, 1.165) is 12.1 Å². The molecule has 0 aliphatic carbocycles. The van der Waals surface area contributed by atoms with Crippen LogP contribution in [-0.4, -0.2) is 36.9 Å². The highest BCUT2D eigenvalue weighted by Crippen LogP contribution is 2.43. The Morgan fingerprint density at radius 2 is 1.69 bits per heavy atom. The third kappa shape index (κ3) is 5.26. The first-order chi connectivity index (χ1) is 14.9. The molecule has 0 unspecified atom stereocenters. The summed E-state index contributed by atoms with van der Waals surface area (Å²) >= 11 is 11.9. The van der Waals surface area contributed by atoms with Crippen molar-refractivity contribution in [3.8, 4) is 0 Å². The van der Waals surface area contributed by atoms with Gasteiger partial charge in [0.05, 0.1) is 16.1 Å². The maximum Gasteiger partial charge on any atom is 0.345 e. The molecule has 1 amide bonds. The lowest BCUT2D eigenvalue weighted by Crippen LogP contribution is -2.35. The molecule has 3 aromatic carbocycles. The van der Waals surface area contributed by atoms with E-state index >= 15 is 0 Å². The van der Waals surface area contributed by atoms with E-state index in [1.165, 1.54) is 12.1 Å². The normalized spacial score (nSPS) is 12.0. The fraction of sp³-hybridized carbons (Fsp3) is 0.150. The monoisotopic (exact) mass is 516 g/mol. The van der Waals surface area contributed by atoms with Crippen LogP contribution in [0.2, 0.25) is 10.0 Å². The fourth-order valence-electron chi connectivity index (χ4n) is 3.20. The van der Waals surface area contributed by atoms with Crippen molar-refractivity contribution >= 4 is 63.2 Å². The smallest absolute Gasteiger partial charge is 0.345 e. The number of hydrogen-bond acceptors (Lipinski definition) is 4. The Morgan fingerprint density at radius 3 is 2.28 bits per heavy atom. The molecule has 8 nitrogen and oxygen atoms in total. The molecule has 0 saturated heterocycles. The van der Waals surface area contributed by atoms with E-state index in [0.29, 0.717) is 15.1 Å². The van der Waals surface area contributed by atoms with Crippen molar-refractivity contribution < 1.29 is 27.6 Å². The standard InChI is InChI=1S/C20H19Cl2N2O6PS/c1-2-23-20(25)18-8-7-13-5-3-4-6-17(13)19(18)24(12-31(26,27)28)32(29,30)16-10-14(21)9-15(22)11-16/h3-11H,2,12H2,1H3,(H,23,25)(H2,26,27,28). The molecule has 0 aliphatic rings. The number of hydrogen-bond donors (Lipinski definition) is 3. The molecule has 0 atom stereocenters. The van der Waals surface area contributed by atoms with E-state index in [2.05, 4.69) is 5.32 Å². The second-order valence-electron chi connectivity index (χ2n) is 6.81. The molecule has 0 heterocycles. The van der Waals surface area contributed by atoms with Crippen molar-refractivity contribution in [2.24, 2.45) is 0 Å². The van der Waals surface area contributed by atoms with Gasteiger partial charge in [-0.05, 0) is 36.6 Å². The summed E-state index contributed by atoms with van der Waals surface area (Å²) in [5, 5.41) is 3.54. The molecular weight excluding hydrogens is 498 g/mol. The first-order valence-corrected chi connectivity index (χ1v) is 13.3. The van der Waals surface area contributed by atoms with Crippen molar-refractivity contribution in [3.63, 3.8) is 0 Å². The van der Waals surface area contributed by atoms with Gasteiger partial charge in [0, 0.05) is 22.0 Å². The van der Waals surface area contributed by atoms with Gasteiger partial charge in [0.2, 0.25) is 0 Å². The average molecular weight is 517 g/mol. The van der Waals surface area contributed by atoms with Gasteiger partial charge in [-0.25, -0.2) is 8.42 Å². The molecule has 32 heavy (non-hydrogen) atoms. The zero-order valence-electron chi connectivity index (χ0n) is 16.7. The lowest BCUT2D eigenvalue weighted by molar-refractivity contribution is 0.0956. The van der Waals surface area contributed by atoms with E-state index in [1.54, 1.807) is 37.3 Å². The summed E-state index contributed by atoms with van der Waals surface area (Å²) in [6, 6.07) is 13.2. The highest BCUT2D eigenvalue weighted by Gasteiger charge is 2.35. The van der Waals surface area contributed by atoms with Crippen LogP contribution in [0.1, 0.15) is 17.3 Å². The molecule has 0 radical (unpaired) electrons. The predicted octanol–water partition coefficient (Wildman–Crippen LogP) is 4.23. The zero-order valence-corrected chi connectivity index (χ0v) is 19.9. The quantitative estimate of drug-likeness (QED) is 0.403. The Bertz CT molecular complexity index is 1320. The van der Waals surface area contributed by atoms with Crippen LogP contribution in [0.5, 0.6) is 0 Å². The molecule has 3 rings (SSSR count). The topological polar surface area (TPSA) is 124 Å². The number of rotatable bonds is 7. The Kier molecular flexibility index (Phi) is 7.19. The lowest BCUT2D eigenvalue weighted by Gasteiger charge is -2.28. The number of sulfonamides is 1. The van der Waals surface area contributed by atoms with Crippen LogP contribution in [0, 0.1) is 0 Å². The Hall–Kier alpha value is -2.13. The Morgan fingerprint density at radius 1 is 1.06 bits per heavy atom. The highest BCUT2D eigenvalue weighted by atomic mass is 35.5. The number of carbonyl (C=O) groups is 1. The summed E-state index contributed by atoms with van der Waals surface area (Å²) in [5.74, 6) is -0.594. The van der Waals surface area contributed by atoms with Gasteiger partial charge in [-0.3, -0.25) is 13.7 Å². The number of fused-ring (bicyclic) bond motifs is 1. The molecule has 12 heteroatoms. The molecule has 0 bridgehead atoms. The van der Waals surface area contributed by atoms with E-state index in [9.17, 15) is 27.6 Å². The van der Waals surface area contributed by atoms with Crippen molar-refractivity contribution in [2.75, 3.05) is 17.1 Å². The molecule has 0 aromatic heterocycles. The van der Waals surface area contributed by atoms with Gasteiger partial charge < -0.3 is 15.1 Å². The molecular formula is C20H19Cl2N2O6PS. The van der Waals surface area contributed by atoms with Crippen molar-refractivity contribution in [1.82, 2.24) is 5.32 Å². The van der Waals surface area contributed by atoms with Crippen molar-refractivity contribution in [1.29, 1.82) is 0 Å². The number of nitrogens with zero attached hydrogens (tertiary/aromatic N) is 1. The molecule has 0 aliphatic heterocycles. The molecule has 3 N–H and O–H groups in total. The molecule has 170 valence electrons. The first kappa shape index (κ1) is 24.5. The largest absolute Gasteiger partial charge is 0.352 e. The minimum atomic E-state index is -4.92. The molecule has 0 spiro atoms. The van der Waals surface area contributed by atoms with Crippen LogP contribution in [0.4, 0.5) is 5.69 Å². The molecule has 0 saturated carbocycles. The summed E-state index contributed by atoms with van der Waals surface area (Å²) in [4.78, 5) is 31.9. The Balaban J connectivity index is 2.39. The second kappa shape index (κ2) is 9.39. The number of carbonyl (C=O) groups excluding carboxylic acids is 1. The fourth-order valence-corrected chi connectivity index (χ4v) is 6.64. The van der Waals surface area contributed by atoms with Crippen molar-refractivity contribution in [2.45, 2.75) is 11.8 Å². The van der Waals surface area contributed by atoms with E-state index in [4.69, 9.17) is 23.2 Å². The third-order valence-corrected chi connectivity index (χ3v) is 7.47. The average Bonchev–Trinajstić information content (AvgIpc) is 2.70. The maximum absolute atomic E-state index is 13.6. The number of anilines is 1. The van der Waals surface area contributed by atoms with Gasteiger partial charge >= 0.3 is 7.60 Å². The van der Waals surface area contributed by atoms with Gasteiger partial charge in [-0.2, -0.15) is 0 Å². The van der Waals surface area contributed by atoms with E-state index < -0.39 is 29.8 Å². The first-order valence-electron chi connectivity index (χ1n) is 9.27. The summed E-state index contributed by atoms with van der Waals surface area (Å²) < 4.78 is 39.8. The highest BCUT2D eigenvalue weighted by molar-refractivity contribution is 7.93. The van der Waals surface area contributed by atoms with Crippen molar-refractivity contribution in [3.05, 3.63) is 70.2 Å². The van der Waals surface area contributed by atoms with E-state index in [1.807, 2.05) is 0 Å². The Labute approximate surface area is 195 Å². The summed E-state index contributed by atoms with van der Waals surface area (Å²) in [5.41, 5.74) is -0.218. The predicted molar refractivity (Wildman–Crippen MR) is 125 cm³/mol. The second-order valence-corrected chi connectivity index (χ2v) is 11.2. The van der Waals surface area contributed by atoms with Crippen LogP contribution in [0.15, 0.2) is 59.5 Å². The number of halogens is 2. The van der Waals surface area contributed by atoms with Gasteiger partial charge in [-0.1, -0.05) is 53.5 Å². The van der Waals surface area contributed by atoms with Gasteiger partial charge in [-0.15, -0.1) is 0 Å². The third-order valence-electron chi connectivity index (χ3n) is 4.47. The van der Waals surface area contributed by atoms with Crippen LogP contribution in [0.25, 0.3) is 10.8 Å². The number of benzene rings is 3.